The molecule has 1 aliphatic rings. The van der Waals surface area contributed by atoms with Gasteiger partial charge in [0.05, 0.1) is 0 Å². The van der Waals surface area contributed by atoms with Crippen molar-refractivity contribution in [3.05, 3.63) is 0 Å². The van der Waals surface area contributed by atoms with Crippen LogP contribution >= 0.6 is 0 Å². The van der Waals surface area contributed by atoms with Crippen LogP contribution in [0.25, 0.3) is 0 Å². The number of hydrogen-bond donors (Lipinski definition) is 0. The monoisotopic (exact) mass is 199 g/mol. The van der Waals surface area contributed by atoms with E-state index in [-0.39, 0.29) is 0 Å². The zero-order valence-corrected chi connectivity index (χ0v) is 10.2. The second-order valence-electron chi connectivity index (χ2n) is 4.25. The van der Waals surface area contributed by atoms with Crippen LogP contribution in [0.1, 0.15) is 26.7 Å². The third kappa shape index (κ3) is 2.94. The van der Waals surface area contributed by atoms with E-state index in [9.17, 15) is 0 Å². The second-order valence-corrected chi connectivity index (χ2v) is 4.25. The molecule has 1 heterocycles. The highest BCUT2D eigenvalue weighted by atomic mass is 15.6. The van der Waals surface area contributed by atoms with Crippen LogP contribution in [0.15, 0.2) is 0 Å². The van der Waals surface area contributed by atoms with Gasteiger partial charge in [0.1, 0.15) is 0 Å². The summed E-state index contributed by atoms with van der Waals surface area (Å²) in [6.07, 6.45) is 2.64. The van der Waals surface area contributed by atoms with Crippen LogP contribution in [0.4, 0.5) is 0 Å². The van der Waals surface area contributed by atoms with Gasteiger partial charge in [-0.1, -0.05) is 13.8 Å². The SMILES string of the molecule is CCN(CC)C1CCN(N(C)C)CC1. The van der Waals surface area contributed by atoms with Gasteiger partial charge in [0.2, 0.25) is 0 Å². The summed E-state index contributed by atoms with van der Waals surface area (Å²) < 4.78 is 0. The van der Waals surface area contributed by atoms with E-state index in [2.05, 4.69) is 42.9 Å². The van der Waals surface area contributed by atoms with Crippen molar-refractivity contribution in [3.63, 3.8) is 0 Å². The Labute approximate surface area is 88.6 Å². The van der Waals surface area contributed by atoms with Gasteiger partial charge in [-0.25, -0.2) is 10.0 Å². The smallest absolute Gasteiger partial charge is 0.0148 e. The minimum absolute atomic E-state index is 0.821. The fraction of sp³-hybridized carbons (Fsp3) is 1.00. The Morgan fingerprint density at radius 1 is 1.07 bits per heavy atom. The molecule has 1 saturated heterocycles. The van der Waals surface area contributed by atoms with E-state index in [1.165, 1.54) is 39.0 Å². The van der Waals surface area contributed by atoms with Crippen molar-refractivity contribution in [2.75, 3.05) is 40.3 Å². The molecule has 1 fully saturated rings. The molecule has 0 aromatic carbocycles. The van der Waals surface area contributed by atoms with Crippen molar-refractivity contribution < 1.29 is 0 Å². The molecule has 0 spiro atoms. The molecule has 3 heteroatoms. The van der Waals surface area contributed by atoms with Crippen molar-refractivity contribution in [1.82, 2.24) is 14.9 Å². The van der Waals surface area contributed by atoms with E-state index in [0.717, 1.165) is 6.04 Å². The Bertz CT molecular complexity index is 147. The molecule has 1 rings (SSSR count). The zero-order chi connectivity index (χ0) is 10.6. The normalized spacial score (nSPS) is 21.0. The molecule has 0 bridgehead atoms. The Morgan fingerprint density at radius 2 is 1.57 bits per heavy atom. The molecule has 84 valence electrons. The minimum Gasteiger partial charge on any atom is -0.301 e. The van der Waals surface area contributed by atoms with Crippen molar-refractivity contribution in [2.45, 2.75) is 32.7 Å². The lowest BCUT2D eigenvalue weighted by atomic mass is 10.0. The van der Waals surface area contributed by atoms with Gasteiger partial charge in [-0.2, -0.15) is 0 Å². The van der Waals surface area contributed by atoms with Crippen molar-refractivity contribution in [2.24, 2.45) is 0 Å². The largest absolute Gasteiger partial charge is 0.301 e. The Kier molecular flexibility index (Phi) is 4.85. The number of hydrogen-bond acceptors (Lipinski definition) is 3. The number of piperidine rings is 1. The predicted molar refractivity (Wildman–Crippen MR) is 61.2 cm³/mol. The summed E-state index contributed by atoms with van der Waals surface area (Å²) in [6, 6.07) is 0.821. The number of nitrogens with zero attached hydrogens (tertiary/aromatic N) is 3. The highest BCUT2D eigenvalue weighted by Gasteiger charge is 2.23. The van der Waals surface area contributed by atoms with Crippen LogP contribution in [0, 0.1) is 0 Å². The molecule has 0 N–H and O–H groups in total. The first-order valence-electron chi connectivity index (χ1n) is 5.85. The van der Waals surface area contributed by atoms with Gasteiger partial charge in [-0.05, 0) is 25.9 Å². The standard InChI is InChI=1S/C11H25N3/c1-5-13(6-2)11-7-9-14(10-8-11)12(3)4/h11H,5-10H2,1-4H3. The molecule has 0 unspecified atom stereocenters. The van der Waals surface area contributed by atoms with Gasteiger partial charge >= 0.3 is 0 Å². The lowest BCUT2D eigenvalue weighted by Gasteiger charge is -2.40. The van der Waals surface area contributed by atoms with Crippen LogP contribution < -0.4 is 0 Å². The highest BCUT2D eigenvalue weighted by molar-refractivity contribution is 4.77. The molecule has 0 aromatic rings. The van der Waals surface area contributed by atoms with E-state index < -0.39 is 0 Å². The molecule has 0 aliphatic carbocycles. The minimum atomic E-state index is 0.821. The molecule has 0 saturated carbocycles. The quantitative estimate of drug-likeness (QED) is 0.675. The third-order valence-corrected chi connectivity index (χ3v) is 3.34. The van der Waals surface area contributed by atoms with E-state index in [0.29, 0.717) is 0 Å². The highest BCUT2D eigenvalue weighted by Crippen LogP contribution is 2.16. The van der Waals surface area contributed by atoms with Gasteiger partial charge < -0.3 is 4.90 Å². The first-order valence-corrected chi connectivity index (χ1v) is 5.85. The molecular weight excluding hydrogens is 174 g/mol. The molecule has 0 amide bonds. The van der Waals surface area contributed by atoms with Gasteiger partial charge in [-0.3, -0.25) is 0 Å². The summed E-state index contributed by atoms with van der Waals surface area (Å²) in [5.41, 5.74) is 0. The van der Waals surface area contributed by atoms with E-state index in [1.54, 1.807) is 0 Å². The van der Waals surface area contributed by atoms with Crippen LogP contribution in [-0.2, 0) is 0 Å². The van der Waals surface area contributed by atoms with E-state index in [4.69, 9.17) is 0 Å². The Hall–Kier alpha value is -0.120. The zero-order valence-electron chi connectivity index (χ0n) is 10.2. The van der Waals surface area contributed by atoms with Crippen LogP contribution in [0.3, 0.4) is 0 Å². The average molecular weight is 199 g/mol. The second kappa shape index (κ2) is 5.69. The molecule has 0 atom stereocenters. The fourth-order valence-electron chi connectivity index (χ4n) is 2.36. The average Bonchev–Trinajstić information content (AvgIpc) is 2.20. The maximum Gasteiger partial charge on any atom is 0.0148 e. The van der Waals surface area contributed by atoms with Gasteiger partial charge in [0.15, 0.2) is 0 Å². The molecule has 14 heavy (non-hydrogen) atoms. The first-order chi connectivity index (χ1) is 6.69. The Balaban J connectivity index is 2.34. The predicted octanol–water partition coefficient (Wildman–Crippen LogP) is 1.27. The summed E-state index contributed by atoms with van der Waals surface area (Å²) in [5.74, 6) is 0. The topological polar surface area (TPSA) is 9.72 Å². The van der Waals surface area contributed by atoms with Gasteiger partial charge in [-0.15, -0.1) is 0 Å². The molecule has 0 aromatic heterocycles. The fourth-order valence-corrected chi connectivity index (χ4v) is 2.36. The first kappa shape index (κ1) is 12.0. The number of hydrazine groups is 1. The number of rotatable bonds is 4. The maximum atomic E-state index is 2.59. The van der Waals surface area contributed by atoms with Gasteiger partial charge in [0.25, 0.3) is 0 Å². The molecule has 0 radical (unpaired) electrons. The lowest BCUT2D eigenvalue weighted by molar-refractivity contribution is -0.0166. The molecule has 3 nitrogen and oxygen atoms in total. The van der Waals surface area contributed by atoms with E-state index in [1.807, 2.05) is 0 Å². The molecule has 1 aliphatic heterocycles. The van der Waals surface area contributed by atoms with Crippen molar-refractivity contribution in [1.29, 1.82) is 0 Å². The van der Waals surface area contributed by atoms with E-state index >= 15 is 0 Å². The van der Waals surface area contributed by atoms with Crippen molar-refractivity contribution >= 4 is 0 Å². The van der Waals surface area contributed by atoms with Crippen LogP contribution in [-0.4, -0.2) is 61.2 Å². The van der Waals surface area contributed by atoms with Gasteiger partial charge in [0, 0.05) is 33.2 Å². The molecular formula is C11H25N3. The summed E-state index contributed by atoms with van der Waals surface area (Å²) in [5, 5.41) is 4.65. The lowest BCUT2D eigenvalue weighted by Crippen LogP contribution is -2.48. The summed E-state index contributed by atoms with van der Waals surface area (Å²) in [4.78, 5) is 2.59. The Morgan fingerprint density at radius 3 is 1.93 bits per heavy atom. The van der Waals surface area contributed by atoms with Crippen molar-refractivity contribution in [3.8, 4) is 0 Å². The summed E-state index contributed by atoms with van der Waals surface area (Å²) in [7, 11) is 4.27. The third-order valence-electron chi connectivity index (χ3n) is 3.34. The summed E-state index contributed by atoms with van der Waals surface area (Å²) in [6.45, 7) is 9.36. The summed E-state index contributed by atoms with van der Waals surface area (Å²) >= 11 is 0. The maximum absolute atomic E-state index is 2.59. The van der Waals surface area contributed by atoms with Crippen LogP contribution in [0.2, 0.25) is 0 Å². The van der Waals surface area contributed by atoms with Crippen LogP contribution in [0.5, 0.6) is 0 Å².